The van der Waals surface area contributed by atoms with Gasteiger partial charge in [-0.15, -0.1) is 0 Å². The predicted molar refractivity (Wildman–Crippen MR) is 81.3 cm³/mol. The van der Waals surface area contributed by atoms with Crippen molar-refractivity contribution in [1.29, 1.82) is 0 Å². The number of rotatable bonds is 5. The van der Waals surface area contributed by atoms with Crippen molar-refractivity contribution in [2.24, 2.45) is 5.92 Å². The minimum Gasteiger partial charge on any atom is -0.373 e. The number of hydrogen-bond donors (Lipinski definition) is 1. The minimum atomic E-state index is -1.34. The highest BCUT2D eigenvalue weighted by Gasteiger charge is 2.41. The molecular formula is C17H19NO4. The highest BCUT2D eigenvalue weighted by molar-refractivity contribution is 6.21. The topological polar surface area (TPSA) is 74.7 Å². The first-order valence-corrected chi connectivity index (χ1v) is 7.09. The molecule has 0 bridgehead atoms. The van der Waals surface area contributed by atoms with Crippen molar-refractivity contribution in [3.8, 4) is 0 Å². The molecular weight excluding hydrogens is 282 g/mol. The Morgan fingerprint density at radius 1 is 1.27 bits per heavy atom. The van der Waals surface area contributed by atoms with Crippen LogP contribution in [0.3, 0.4) is 0 Å². The van der Waals surface area contributed by atoms with Crippen molar-refractivity contribution in [2.75, 3.05) is 0 Å². The number of hydrogen-bond acceptors (Lipinski definition) is 4. The summed E-state index contributed by atoms with van der Waals surface area (Å²) >= 11 is 0. The molecule has 1 aromatic rings. The van der Waals surface area contributed by atoms with E-state index in [2.05, 4.69) is 6.58 Å². The first-order valence-electron chi connectivity index (χ1n) is 7.09. The van der Waals surface area contributed by atoms with Crippen LogP contribution in [0.5, 0.6) is 0 Å². The molecule has 2 rings (SSSR count). The van der Waals surface area contributed by atoms with E-state index < -0.39 is 24.0 Å². The molecule has 22 heavy (non-hydrogen) atoms. The van der Waals surface area contributed by atoms with E-state index >= 15 is 0 Å². The van der Waals surface area contributed by atoms with E-state index in [1.807, 2.05) is 6.92 Å². The molecule has 1 aliphatic heterocycles. The third-order valence-corrected chi connectivity index (χ3v) is 3.83. The molecule has 2 atom stereocenters. The van der Waals surface area contributed by atoms with Gasteiger partial charge in [0.25, 0.3) is 11.8 Å². The van der Waals surface area contributed by atoms with Crippen LogP contribution in [0.25, 0.3) is 0 Å². The average Bonchev–Trinajstić information content (AvgIpc) is 2.69. The maximum atomic E-state index is 12.4. The number of allylic oxidation sites excluding steroid dienone is 1. The number of Topliss-reactive ketones (excluding diaryl/α,β-unsaturated/α-hetero) is 1. The number of nitrogens with zero attached hydrogens (tertiary/aromatic N) is 1. The summed E-state index contributed by atoms with van der Waals surface area (Å²) in [6.07, 6.45) is -1.31. The lowest BCUT2D eigenvalue weighted by molar-refractivity contribution is -0.118. The molecule has 116 valence electrons. The lowest BCUT2D eigenvalue weighted by Crippen LogP contribution is -2.44. The molecule has 1 heterocycles. The molecule has 0 radical (unpaired) electrons. The number of carbonyl (C=O) groups excluding carboxylic acids is 3. The number of benzene rings is 1. The zero-order valence-electron chi connectivity index (χ0n) is 12.9. The van der Waals surface area contributed by atoms with Gasteiger partial charge in [0.1, 0.15) is 6.23 Å². The number of aryl methyl sites for hydroxylation is 1. The Labute approximate surface area is 129 Å². The molecule has 0 aromatic heterocycles. The van der Waals surface area contributed by atoms with Crippen molar-refractivity contribution in [1.82, 2.24) is 4.90 Å². The van der Waals surface area contributed by atoms with Gasteiger partial charge in [0.2, 0.25) is 0 Å². The SMILES string of the molecule is C=C(C)C(=O)CC(C)C(O)N1C(=O)c2ccc(C)cc2C1=O. The summed E-state index contributed by atoms with van der Waals surface area (Å²) in [7, 11) is 0. The van der Waals surface area contributed by atoms with Crippen LogP contribution in [0.2, 0.25) is 0 Å². The molecule has 0 spiro atoms. The van der Waals surface area contributed by atoms with Gasteiger partial charge in [-0.05, 0) is 31.6 Å². The summed E-state index contributed by atoms with van der Waals surface area (Å²) in [5.41, 5.74) is 1.83. The van der Waals surface area contributed by atoms with Crippen LogP contribution in [0, 0.1) is 12.8 Å². The zero-order chi connectivity index (χ0) is 16.6. The zero-order valence-corrected chi connectivity index (χ0v) is 12.9. The van der Waals surface area contributed by atoms with Crippen molar-refractivity contribution in [3.63, 3.8) is 0 Å². The quantitative estimate of drug-likeness (QED) is 0.667. The Bertz CT molecular complexity index is 677. The summed E-state index contributed by atoms with van der Waals surface area (Å²) in [5.74, 6) is -1.81. The lowest BCUT2D eigenvalue weighted by atomic mass is 9.99. The van der Waals surface area contributed by atoms with Gasteiger partial charge in [0.15, 0.2) is 5.78 Å². The smallest absolute Gasteiger partial charge is 0.263 e. The molecule has 5 heteroatoms. The number of aliphatic hydroxyl groups excluding tert-OH is 1. The highest BCUT2D eigenvalue weighted by Crippen LogP contribution is 2.28. The van der Waals surface area contributed by atoms with Gasteiger partial charge in [-0.25, -0.2) is 4.90 Å². The number of amides is 2. The molecule has 1 aromatic carbocycles. The van der Waals surface area contributed by atoms with E-state index in [9.17, 15) is 19.5 Å². The third kappa shape index (κ3) is 2.72. The van der Waals surface area contributed by atoms with Gasteiger partial charge in [-0.1, -0.05) is 25.1 Å². The fraction of sp³-hybridized carbons (Fsp3) is 0.353. The van der Waals surface area contributed by atoms with Crippen molar-refractivity contribution in [2.45, 2.75) is 33.4 Å². The molecule has 5 nitrogen and oxygen atoms in total. The van der Waals surface area contributed by atoms with E-state index in [1.54, 1.807) is 32.0 Å². The van der Waals surface area contributed by atoms with Crippen LogP contribution in [0.4, 0.5) is 0 Å². The fourth-order valence-corrected chi connectivity index (χ4v) is 2.44. The van der Waals surface area contributed by atoms with E-state index in [0.29, 0.717) is 11.1 Å². The first-order chi connectivity index (χ1) is 10.2. The van der Waals surface area contributed by atoms with E-state index in [0.717, 1.165) is 10.5 Å². The average molecular weight is 301 g/mol. The van der Waals surface area contributed by atoms with Crippen LogP contribution < -0.4 is 0 Å². The molecule has 0 fully saturated rings. The van der Waals surface area contributed by atoms with Crippen LogP contribution in [-0.2, 0) is 4.79 Å². The molecule has 0 saturated carbocycles. The largest absolute Gasteiger partial charge is 0.373 e. The van der Waals surface area contributed by atoms with E-state index in [4.69, 9.17) is 0 Å². The summed E-state index contributed by atoms with van der Waals surface area (Å²) in [6.45, 7) is 8.60. The summed E-state index contributed by atoms with van der Waals surface area (Å²) in [4.78, 5) is 37.2. The second-order valence-corrected chi connectivity index (χ2v) is 5.83. The molecule has 2 amide bonds. The summed E-state index contributed by atoms with van der Waals surface area (Å²) in [6, 6.07) is 4.96. The number of aliphatic hydroxyl groups is 1. The first kappa shape index (κ1) is 16.1. The Kier molecular flexibility index (Phi) is 4.28. The second kappa shape index (κ2) is 5.85. The minimum absolute atomic E-state index is 0.0307. The van der Waals surface area contributed by atoms with Crippen LogP contribution in [0.15, 0.2) is 30.4 Å². The van der Waals surface area contributed by atoms with Crippen molar-refractivity contribution < 1.29 is 19.5 Å². The molecule has 1 aliphatic rings. The normalized spacial score (nSPS) is 16.5. The Hall–Kier alpha value is -2.27. The number of ketones is 1. The number of fused-ring (bicyclic) bond motifs is 1. The maximum absolute atomic E-state index is 12.4. The fourth-order valence-electron chi connectivity index (χ4n) is 2.44. The van der Waals surface area contributed by atoms with Crippen molar-refractivity contribution >= 4 is 17.6 Å². The van der Waals surface area contributed by atoms with Gasteiger partial charge < -0.3 is 5.11 Å². The molecule has 0 aliphatic carbocycles. The molecule has 2 unspecified atom stereocenters. The van der Waals surface area contributed by atoms with E-state index in [-0.39, 0.29) is 17.8 Å². The number of imide groups is 1. The predicted octanol–water partition coefficient (Wildman–Crippen LogP) is 2.08. The van der Waals surface area contributed by atoms with Gasteiger partial charge in [0.05, 0.1) is 11.1 Å². The van der Waals surface area contributed by atoms with Crippen molar-refractivity contribution in [3.05, 3.63) is 47.0 Å². The lowest BCUT2D eigenvalue weighted by Gasteiger charge is -2.26. The van der Waals surface area contributed by atoms with Gasteiger partial charge in [0, 0.05) is 12.3 Å². The third-order valence-electron chi connectivity index (χ3n) is 3.83. The number of carbonyl (C=O) groups is 3. The second-order valence-electron chi connectivity index (χ2n) is 5.83. The van der Waals surface area contributed by atoms with Crippen LogP contribution >= 0.6 is 0 Å². The monoisotopic (exact) mass is 301 g/mol. The standard InChI is InChI=1S/C17H19NO4/c1-9(2)14(19)8-11(4)15(20)18-16(21)12-6-5-10(3)7-13(12)17(18)22/h5-7,11,15,20H,1,8H2,2-4H3. The Balaban J connectivity index is 2.23. The van der Waals surface area contributed by atoms with E-state index in [1.165, 1.54) is 0 Å². The van der Waals surface area contributed by atoms with Gasteiger partial charge in [-0.3, -0.25) is 14.4 Å². The summed E-state index contributed by atoms with van der Waals surface area (Å²) < 4.78 is 0. The Morgan fingerprint density at radius 2 is 1.86 bits per heavy atom. The molecule has 1 N–H and O–H groups in total. The Morgan fingerprint density at radius 3 is 2.45 bits per heavy atom. The van der Waals surface area contributed by atoms with Gasteiger partial charge in [-0.2, -0.15) is 0 Å². The molecule has 0 saturated heterocycles. The highest BCUT2D eigenvalue weighted by atomic mass is 16.3. The van der Waals surface area contributed by atoms with Crippen LogP contribution in [0.1, 0.15) is 46.5 Å². The summed E-state index contributed by atoms with van der Waals surface area (Å²) in [5, 5.41) is 10.3. The van der Waals surface area contributed by atoms with Gasteiger partial charge >= 0.3 is 0 Å². The maximum Gasteiger partial charge on any atom is 0.263 e. The van der Waals surface area contributed by atoms with Crippen LogP contribution in [-0.4, -0.2) is 33.8 Å².